The predicted octanol–water partition coefficient (Wildman–Crippen LogP) is 2.89. The summed E-state index contributed by atoms with van der Waals surface area (Å²) in [6.07, 6.45) is 6.41. The summed E-state index contributed by atoms with van der Waals surface area (Å²) in [4.78, 5) is 5.93. The van der Waals surface area contributed by atoms with Gasteiger partial charge in [-0.15, -0.1) is 5.10 Å². The Labute approximate surface area is 199 Å². The first-order valence-electron chi connectivity index (χ1n) is 11.3. The fourth-order valence-corrected chi connectivity index (χ4v) is 4.28. The highest BCUT2D eigenvalue weighted by molar-refractivity contribution is 5.26. The number of rotatable bonds is 10. The van der Waals surface area contributed by atoms with Gasteiger partial charge in [-0.1, -0.05) is 23.4 Å². The Bertz CT molecular complexity index is 1290. The van der Waals surface area contributed by atoms with E-state index < -0.39 is 17.2 Å². The monoisotopic (exact) mass is 483 g/mol. The van der Waals surface area contributed by atoms with Crippen LogP contribution in [0.3, 0.4) is 0 Å². The number of benzene rings is 2. The van der Waals surface area contributed by atoms with Crippen molar-refractivity contribution < 1.29 is 18.3 Å². The molecule has 2 heterocycles. The van der Waals surface area contributed by atoms with Gasteiger partial charge in [0.1, 0.15) is 35.7 Å². The van der Waals surface area contributed by atoms with Crippen molar-refractivity contribution >= 4 is 0 Å². The number of halogens is 3. The standard InChI is InChI=1S/C24H24F3N7O/c25-18-3-1-2-17(8-18)10-33-12-20(30-31-33)11-32(21-5-6-21)13-24(35,14-34-16-28-15-29-34)22-7-4-19(26)9-23(22)27/h1-4,7-9,12,15-16,21,35H,5-6,10-11,13-14H2. The molecule has 4 aromatic rings. The molecule has 0 aliphatic heterocycles. The SMILES string of the molecule is OC(CN(Cc1cn(Cc2cccc(F)c2)nn1)C1CC1)(Cn1cncn1)c1ccc(F)cc1F. The van der Waals surface area contributed by atoms with E-state index in [2.05, 4.69) is 20.4 Å². The molecule has 0 radical (unpaired) electrons. The highest BCUT2D eigenvalue weighted by Crippen LogP contribution is 2.34. The molecule has 0 amide bonds. The molecule has 8 nitrogen and oxygen atoms in total. The topological polar surface area (TPSA) is 84.9 Å². The quantitative estimate of drug-likeness (QED) is 0.374. The lowest BCUT2D eigenvalue weighted by Crippen LogP contribution is -2.45. The van der Waals surface area contributed by atoms with Gasteiger partial charge in [0.2, 0.25) is 0 Å². The van der Waals surface area contributed by atoms with E-state index in [1.54, 1.807) is 16.9 Å². The van der Waals surface area contributed by atoms with Gasteiger partial charge in [0.25, 0.3) is 0 Å². The molecule has 35 heavy (non-hydrogen) atoms. The molecule has 2 aromatic heterocycles. The first kappa shape index (κ1) is 23.2. The largest absolute Gasteiger partial charge is 0.382 e. The van der Waals surface area contributed by atoms with E-state index in [4.69, 9.17) is 0 Å². The molecule has 0 saturated heterocycles. The van der Waals surface area contributed by atoms with Crippen LogP contribution in [0.1, 0.15) is 29.7 Å². The van der Waals surface area contributed by atoms with E-state index in [1.807, 2.05) is 11.0 Å². The van der Waals surface area contributed by atoms with Crippen molar-refractivity contribution in [2.45, 2.75) is 44.1 Å². The van der Waals surface area contributed by atoms with Gasteiger partial charge < -0.3 is 5.11 Å². The molecule has 1 aliphatic carbocycles. The molecule has 11 heteroatoms. The Balaban J connectivity index is 1.37. The van der Waals surface area contributed by atoms with Gasteiger partial charge in [-0.2, -0.15) is 5.10 Å². The summed E-state index contributed by atoms with van der Waals surface area (Å²) in [6, 6.07) is 9.62. The van der Waals surface area contributed by atoms with Crippen LogP contribution in [0.15, 0.2) is 61.3 Å². The smallest absolute Gasteiger partial charge is 0.137 e. The lowest BCUT2D eigenvalue weighted by atomic mass is 9.92. The molecule has 5 rings (SSSR count). The molecule has 1 saturated carbocycles. The lowest BCUT2D eigenvalue weighted by Gasteiger charge is -2.34. The number of hydrogen-bond donors (Lipinski definition) is 1. The van der Waals surface area contributed by atoms with E-state index in [0.717, 1.165) is 30.5 Å². The summed E-state index contributed by atoms with van der Waals surface area (Å²) in [5.74, 6) is -1.87. The van der Waals surface area contributed by atoms with Gasteiger partial charge in [-0.3, -0.25) is 4.90 Å². The zero-order valence-corrected chi connectivity index (χ0v) is 18.8. The summed E-state index contributed by atoms with van der Waals surface area (Å²) in [7, 11) is 0. The Morgan fingerprint density at radius 2 is 1.89 bits per heavy atom. The molecule has 1 atom stereocenters. The zero-order chi connectivity index (χ0) is 24.4. The minimum atomic E-state index is -1.70. The first-order chi connectivity index (χ1) is 16.9. The van der Waals surface area contributed by atoms with Crippen molar-refractivity contribution in [1.82, 2.24) is 34.7 Å². The Kier molecular flexibility index (Phi) is 6.35. The van der Waals surface area contributed by atoms with Gasteiger partial charge in [-0.25, -0.2) is 27.5 Å². The molecule has 1 fully saturated rings. The van der Waals surface area contributed by atoms with Crippen LogP contribution in [-0.4, -0.2) is 52.4 Å². The van der Waals surface area contributed by atoms with Gasteiger partial charge in [-0.05, 0) is 36.6 Å². The van der Waals surface area contributed by atoms with E-state index in [9.17, 15) is 18.3 Å². The maximum atomic E-state index is 14.8. The minimum absolute atomic E-state index is 0.0187. The van der Waals surface area contributed by atoms with Gasteiger partial charge in [0.15, 0.2) is 0 Å². The van der Waals surface area contributed by atoms with E-state index in [0.29, 0.717) is 18.8 Å². The molecule has 0 bridgehead atoms. The molecule has 2 aromatic carbocycles. The van der Waals surface area contributed by atoms with E-state index in [-0.39, 0.29) is 30.5 Å². The lowest BCUT2D eigenvalue weighted by molar-refractivity contribution is -0.0262. The van der Waals surface area contributed by atoms with Crippen molar-refractivity contribution in [1.29, 1.82) is 0 Å². The highest BCUT2D eigenvalue weighted by atomic mass is 19.1. The fraction of sp³-hybridized carbons (Fsp3) is 0.333. The molecule has 182 valence electrons. The van der Waals surface area contributed by atoms with Crippen molar-refractivity contribution in [2.24, 2.45) is 0 Å². The summed E-state index contributed by atoms with van der Waals surface area (Å²) in [5.41, 5.74) is -0.300. The second-order valence-electron chi connectivity index (χ2n) is 8.92. The van der Waals surface area contributed by atoms with Crippen LogP contribution >= 0.6 is 0 Å². The fourth-order valence-electron chi connectivity index (χ4n) is 4.28. The molecule has 1 N–H and O–H groups in total. The number of nitrogens with zero attached hydrogens (tertiary/aromatic N) is 7. The normalized spacial score (nSPS) is 15.5. The van der Waals surface area contributed by atoms with Crippen LogP contribution in [0.25, 0.3) is 0 Å². The predicted molar refractivity (Wildman–Crippen MR) is 119 cm³/mol. The third-order valence-electron chi connectivity index (χ3n) is 6.04. The maximum absolute atomic E-state index is 14.8. The summed E-state index contributed by atoms with van der Waals surface area (Å²) >= 11 is 0. The van der Waals surface area contributed by atoms with Crippen LogP contribution in [0.2, 0.25) is 0 Å². The van der Waals surface area contributed by atoms with E-state index >= 15 is 0 Å². The van der Waals surface area contributed by atoms with Crippen LogP contribution in [0.5, 0.6) is 0 Å². The van der Waals surface area contributed by atoms with Crippen LogP contribution in [0, 0.1) is 17.5 Å². The third-order valence-corrected chi connectivity index (χ3v) is 6.04. The van der Waals surface area contributed by atoms with Crippen LogP contribution < -0.4 is 0 Å². The average molecular weight is 483 g/mol. The number of aromatic nitrogens is 6. The molecule has 0 spiro atoms. The average Bonchev–Trinajstić information content (AvgIpc) is 3.37. The third kappa shape index (κ3) is 5.57. The molecule has 1 aliphatic rings. The van der Waals surface area contributed by atoms with Gasteiger partial charge in [0.05, 0.1) is 25.0 Å². The Hall–Kier alpha value is -3.57. The van der Waals surface area contributed by atoms with Crippen molar-refractivity contribution in [3.63, 3.8) is 0 Å². The Morgan fingerprint density at radius 3 is 2.60 bits per heavy atom. The number of aliphatic hydroxyl groups is 1. The van der Waals surface area contributed by atoms with Crippen molar-refractivity contribution in [3.8, 4) is 0 Å². The second-order valence-corrected chi connectivity index (χ2v) is 8.92. The summed E-state index contributed by atoms with van der Waals surface area (Å²) in [6.45, 7) is 0.739. The number of hydrogen-bond acceptors (Lipinski definition) is 6. The zero-order valence-electron chi connectivity index (χ0n) is 18.8. The second kappa shape index (κ2) is 9.59. The maximum Gasteiger partial charge on any atom is 0.137 e. The highest BCUT2D eigenvalue weighted by Gasteiger charge is 2.40. The van der Waals surface area contributed by atoms with E-state index in [1.165, 1.54) is 35.5 Å². The van der Waals surface area contributed by atoms with Gasteiger partial charge >= 0.3 is 0 Å². The summed E-state index contributed by atoms with van der Waals surface area (Å²) in [5, 5.41) is 24.1. The Morgan fingerprint density at radius 1 is 1.06 bits per heavy atom. The van der Waals surface area contributed by atoms with Gasteiger partial charge in [0, 0.05) is 30.8 Å². The van der Waals surface area contributed by atoms with Crippen molar-refractivity contribution in [2.75, 3.05) is 6.54 Å². The van der Waals surface area contributed by atoms with Crippen LogP contribution in [-0.2, 0) is 25.2 Å². The molecular formula is C24H24F3N7O. The minimum Gasteiger partial charge on any atom is -0.382 e. The van der Waals surface area contributed by atoms with Crippen LogP contribution in [0.4, 0.5) is 13.2 Å². The molecule has 1 unspecified atom stereocenters. The van der Waals surface area contributed by atoms with Crippen molar-refractivity contribution in [3.05, 3.63) is 95.6 Å². The summed E-state index contributed by atoms with van der Waals surface area (Å²) < 4.78 is 44.9. The molecular weight excluding hydrogens is 459 g/mol. The first-order valence-corrected chi connectivity index (χ1v) is 11.3.